The molecule has 0 fully saturated rings. The second kappa shape index (κ2) is 8.76. The lowest BCUT2D eigenvalue weighted by Gasteiger charge is -2.07. The first kappa shape index (κ1) is 18.3. The smallest absolute Gasteiger partial charge is 0.348 e. The van der Waals surface area contributed by atoms with Gasteiger partial charge in [-0.1, -0.05) is 31.0 Å². The summed E-state index contributed by atoms with van der Waals surface area (Å²) in [6, 6.07) is 10.3. The maximum absolute atomic E-state index is 12.2. The fraction of sp³-hybridized carbons (Fsp3) is 0.350. The highest BCUT2D eigenvalue weighted by atomic mass is 32.1. The summed E-state index contributed by atoms with van der Waals surface area (Å²) >= 11 is 1.46. The maximum atomic E-state index is 12.2. The van der Waals surface area contributed by atoms with Crippen LogP contribution in [0, 0.1) is 0 Å². The minimum atomic E-state index is -0.637. The highest BCUT2D eigenvalue weighted by Gasteiger charge is 2.18. The number of nitrogens with one attached hydrogen (secondary N) is 1. The number of ether oxygens (including phenoxy) is 1. The number of hydrogen-bond acceptors (Lipinski definition) is 5. The van der Waals surface area contributed by atoms with E-state index in [1.807, 2.05) is 6.07 Å². The van der Waals surface area contributed by atoms with Crippen LogP contribution in [0.5, 0.6) is 0 Å². The summed E-state index contributed by atoms with van der Waals surface area (Å²) < 4.78 is 5.07. The molecule has 1 N–H and O–H groups in total. The van der Waals surface area contributed by atoms with Gasteiger partial charge in [0, 0.05) is 10.4 Å². The largest absolute Gasteiger partial charge is 0.451 e. The summed E-state index contributed by atoms with van der Waals surface area (Å²) in [5.41, 5.74) is 1.61. The van der Waals surface area contributed by atoms with Crippen LogP contribution in [0.4, 0.5) is 0 Å². The number of hydrogen-bond donors (Lipinski definition) is 1. The number of aryl methyl sites for hydroxylation is 2. The molecule has 1 heterocycles. The van der Waals surface area contributed by atoms with Crippen LogP contribution in [0.1, 0.15) is 56.2 Å². The first-order valence-corrected chi connectivity index (χ1v) is 9.63. The molecule has 5 nitrogen and oxygen atoms in total. The van der Waals surface area contributed by atoms with Crippen LogP contribution in [-0.4, -0.2) is 24.4 Å². The molecule has 6 heteroatoms. The van der Waals surface area contributed by atoms with Crippen LogP contribution in [-0.2, 0) is 22.4 Å². The Morgan fingerprint density at radius 1 is 1.00 bits per heavy atom. The van der Waals surface area contributed by atoms with Gasteiger partial charge in [-0.2, -0.15) is 0 Å². The molecule has 2 amide bonds. The molecule has 136 valence electrons. The third kappa shape index (κ3) is 4.79. The summed E-state index contributed by atoms with van der Waals surface area (Å²) in [4.78, 5) is 37.7. The lowest BCUT2D eigenvalue weighted by Crippen LogP contribution is -2.34. The number of imide groups is 1. The summed E-state index contributed by atoms with van der Waals surface area (Å²) in [7, 11) is 0. The lowest BCUT2D eigenvalue weighted by atomic mass is 10.00. The average molecular weight is 371 g/mol. The van der Waals surface area contributed by atoms with Gasteiger partial charge in [-0.3, -0.25) is 14.9 Å². The predicted molar refractivity (Wildman–Crippen MR) is 99.4 cm³/mol. The van der Waals surface area contributed by atoms with Gasteiger partial charge in [0.05, 0.1) is 0 Å². The molecule has 0 saturated carbocycles. The Labute approximate surface area is 156 Å². The molecular weight excluding hydrogens is 350 g/mol. The van der Waals surface area contributed by atoms with Crippen LogP contribution in [0.2, 0.25) is 0 Å². The average Bonchev–Trinajstić information content (AvgIpc) is 3.02. The topological polar surface area (TPSA) is 72.5 Å². The number of thiophene rings is 1. The van der Waals surface area contributed by atoms with Gasteiger partial charge in [0.15, 0.2) is 6.61 Å². The molecule has 3 rings (SSSR count). The quantitative estimate of drug-likeness (QED) is 0.835. The second-order valence-corrected chi connectivity index (χ2v) is 7.43. The van der Waals surface area contributed by atoms with E-state index >= 15 is 0 Å². The Hall–Kier alpha value is -2.47. The van der Waals surface area contributed by atoms with Crippen LogP contribution in [0.3, 0.4) is 0 Å². The molecule has 1 aliphatic rings. The Bertz CT molecular complexity index is 772. The molecule has 1 aliphatic carbocycles. The van der Waals surface area contributed by atoms with E-state index in [2.05, 4.69) is 5.32 Å². The molecule has 1 aromatic heterocycles. The molecule has 0 atom stereocenters. The monoisotopic (exact) mass is 371 g/mol. The van der Waals surface area contributed by atoms with Crippen molar-refractivity contribution in [2.45, 2.75) is 38.5 Å². The number of carbonyl (C=O) groups excluding carboxylic acids is 3. The predicted octanol–water partition coefficient (Wildman–Crippen LogP) is 3.52. The van der Waals surface area contributed by atoms with E-state index < -0.39 is 24.4 Å². The van der Waals surface area contributed by atoms with E-state index in [1.165, 1.54) is 34.6 Å². The van der Waals surface area contributed by atoms with Gasteiger partial charge >= 0.3 is 5.97 Å². The van der Waals surface area contributed by atoms with Gasteiger partial charge < -0.3 is 4.74 Å². The van der Waals surface area contributed by atoms with E-state index in [0.717, 1.165) is 25.7 Å². The van der Waals surface area contributed by atoms with Crippen molar-refractivity contribution in [3.8, 4) is 0 Å². The zero-order chi connectivity index (χ0) is 18.4. The van der Waals surface area contributed by atoms with Gasteiger partial charge in [0.25, 0.3) is 11.8 Å². The van der Waals surface area contributed by atoms with Gasteiger partial charge in [-0.15, -0.1) is 11.3 Å². The Balaban J connectivity index is 1.53. The molecule has 0 bridgehead atoms. The van der Waals surface area contributed by atoms with Crippen molar-refractivity contribution in [3.05, 3.63) is 57.3 Å². The molecule has 0 saturated heterocycles. The molecule has 0 unspecified atom stereocenters. The summed E-state index contributed by atoms with van der Waals surface area (Å²) in [5.74, 6) is -1.66. The zero-order valence-electron chi connectivity index (χ0n) is 14.5. The van der Waals surface area contributed by atoms with E-state index in [1.54, 1.807) is 30.3 Å². The normalized spacial score (nSPS) is 13.8. The van der Waals surface area contributed by atoms with Crippen molar-refractivity contribution >= 4 is 29.1 Å². The molecule has 0 radical (unpaired) electrons. The minimum absolute atomic E-state index is 0.380. The first-order valence-electron chi connectivity index (χ1n) is 8.81. The first-order chi connectivity index (χ1) is 12.6. The van der Waals surface area contributed by atoms with Crippen LogP contribution in [0.15, 0.2) is 36.4 Å². The molecule has 2 aromatic rings. The van der Waals surface area contributed by atoms with Gasteiger partial charge in [-0.05, 0) is 49.4 Å². The van der Waals surface area contributed by atoms with Crippen molar-refractivity contribution < 1.29 is 19.1 Å². The number of rotatable bonds is 4. The lowest BCUT2D eigenvalue weighted by molar-refractivity contribution is -0.123. The third-order valence-corrected chi connectivity index (χ3v) is 5.54. The van der Waals surface area contributed by atoms with Crippen LogP contribution < -0.4 is 5.32 Å². The van der Waals surface area contributed by atoms with Crippen molar-refractivity contribution in [2.75, 3.05) is 6.61 Å². The minimum Gasteiger partial charge on any atom is -0.451 e. The highest BCUT2D eigenvalue weighted by Crippen LogP contribution is 2.28. The fourth-order valence-electron chi connectivity index (χ4n) is 2.97. The van der Waals surface area contributed by atoms with Crippen LogP contribution >= 0.6 is 11.3 Å². The standard InChI is InChI=1S/C20H21NO4S/c22-18(21-19(23)14-8-5-3-6-9-14)13-25-20(24)17-12-15-10-4-1-2-7-11-16(15)26-17/h3,5-6,8-9,12H,1-2,4,7,10-11,13H2,(H,21,22,23). The molecular formula is C20H21NO4S. The second-order valence-electron chi connectivity index (χ2n) is 6.29. The Morgan fingerprint density at radius 2 is 1.73 bits per heavy atom. The number of amides is 2. The van der Waals surface area contributed by atoms with Gasteiger partial charge in [-0.25, -0.2) is 4.79 Å². The van der Waals surface area contributed by atoms with Gasteiger partial charge in [0.2, 0.25) is 0 Å². The fourth-order valence-corrected chi connectivity index (χ4v) is 4.12. The van der Waals surface area contributed by atoms with E-state index in [-0.39, 0.29) is 0 Å². The van der Waals surface area contributed by atoms with Crippen molar-refractivity contribution in [1.29, 1.82) is 0 Å². The van der Waals surface area contributed by atoms with Crippen molar-refractivity contribution in [2.24, 2.45) is 0 Å². The zero-order valence-corrected chi connectivity index (χ0v) is 15.3. The Kier molecular flexibility index (Phi) is 6.17. The van der Waals surface area contributed by atoms with Gasteiger partial charge in [0.1, 0.15) is 4.88 Å². The molecule has 26 heavy (non-hydrogen) atoms. The van der Waals surface area contributed by atoms with Crippen LogP contribution in [0.25, 0.3) is 0 Å². The van der Waals surface area contributed by atoms with E-state index in [0.29, 0.717) is 10.4 Å². The Morgan fingerprint density at radius 3 is 2.50 bits per heavy atom. The molecule has 0 aliphatic heterocycles. The highest BCUT2D eigenvalue weighted by molar-refractivity contribution is 7.14. The SMILES string of the molecule is O=C(COC(=O)c1cc2c(s1)CCCCCC2)NC(=O)c1ccccc1. The number of esters is 1. The number of carbonyl (C=O) groups is 3. The molecule has 0 spiro atoms. The van der Waals surface area contributed by atoms with E-state index in [9.17, 15) is 14.4 Å². The number of fused-ring (bicyclic) bond motifs is 1. The third-order valence-electron chi connectivity index (χ3n) is 4.32. The number of benzene rings is 1. The summed E-state index contributed by atoms with van der Waals surface area (Å²) in [5, 5.41) is 2.22. The van der Waals surface area contributed by atoms with Crippen molar-refractivity contribution in [3.63, 3.8) is 0 Å². The summed E-state index contributed by atoms with van der Waals surface area (Å²) in [6.07, 6.45) is 6.73. The summed E-state index contributed by atoms with van der Waals surface area (Å²) in [6.45, 7) is -0.472. The molecule has 1 aromatic carbocycles. The van der Waals surface area contributed by atoms with Crippen molar-refractivity contribution in [1.82, 2.24) is 5.32 Å². The van der Waals surface area contributed by atoms with E-state index in [4.69, 9.17) is 4.74 Å². The maximum Gasteiger partial charge on any atom is 0.348 e.